The fourth-order valence-electron chi connectivity index (χ4n) is 1.80. The molecule has 1 atom stereocenters. The third kappa shape index (κ3) is 2.71. The Kier molecular flexibility index (Phi) is 3.50. The van der Waals surface area contributed by atoms with Gasteiger partial charge in [-0.25, -0.2) is 4.98 Å². The van der Waals surface area contributed by atoms with Crippen molar-refractivity contribution >= 4 is 44.4 Å². The van der Waals surface area contributed by atoms with Gasteiger partial charge in [-0.3, -0.25) is 4.99 Å². The summed E-state index contributed by atoms with van der Waals surface area (Å²) in [6.07, 6.45) is 3.79. The standard InChI is InChI=1S/C14H12N2O2S2/c1-8(17)11-7-19-13(16-11)4-5-14-15-10-3-2-9(18)6-12(10)20-14/h2-6,11,17-18H,1,7H2/b5-4+/t11-/m1/s1. The van der Waals surface area contributed by atoms with Crippen LogP contribution in [0.1, 0.15) is 5.01 Å². The molecular weight excluding hydrogens is 292 g/mol. The monoisotopic (exact) mass is 304 g/mol. The van der Waals surface area contributed by atoms with Crippen molar-refractivity contribution in [2.24, 2.45) is 4.99 Å². The van der Waals surface area contributed by atoms with Crippen LogP contribution in [0.25, 0.3) is 16.3 Å². The molecule has 0 amide bonds. The first-order chi connectivity index (χ1) is 9.61. The Morgan fingerprint density at radius 2 is 2.25 bits per heavy atom. The molecule has 0 fully saturated rings. The quantitative estimate of drug-likeness (QED) is 0.850. The van der Waals surface area contributed by atoms with Crippen LogP contribution in [0.3, 0.4) is 0 Å². The highest BCUT2D eigenvalue weighted by Gasteiger charge is 2.18. The molecule has 0 saturated carbocycles. The minimum Gasteiger partial charge on any atom is -0.511 e. The van der Waals surface area contributed by atoms with Crippen LogP contribution < -0.4 is 0 Å². The first-order valence-corrected chi connectivity index (χ1v) is 7.78. The van der Waals surface area contributed by atoms with Crippen LogP contribution in [0.2, 0.25) is 0 Å². The normalized spacial score (nSPS) is 18.8. The van der Waals surface area contributed by atoms with Gasteiger partial charge in [-0.2, -0.15) is 0 Å². The average molecular weight is 304 g/mol. The number of aliphatic hydroxyl groups is 1. The second-order valence-electron chi connectivity index (χ2n) is 4.32. The summed E-state index contributed by atoms with van der Waals surface area (Å²) in [6, 6.07) is 4.93. The number of benzene rings is 1. The Hall–Kier alpha value is -1.79. The van der Waals surface area contributed by atoms with Crippen molar-refractivity contribution in [2.45, 2.75) is 6.04 Å². The Labute approximate surface area is 124 Å². The maximum absolute atomic E-state index is 9.43. The number of thiazole rings is 1. The molecule has 4 nitrogen and oxygen atoms in total. The van der Waals surface area contributed by atoms with E-state index in [2.05, 4.69) is 16.6 Å². The van der Waals surface area contributed by atoms with Gasteiger partial charge < -0.3 is 10.2 Å². The number of fused-ring (bicyclic) bond motifs is 1. The molecule has 20 heavy (non-hydrogen) atoms. The molecule has 6 heteroatoms. The summed E-state index contributed by atoms with van der Waals surface area (Å²) in [4.78, 5) is 8.81. The highest BCUT2D eigenvalue weighted by Crippen LogP contribution is 2.27. The molecule has 1 aromatic heterocycles. The van der Waals surface area contributed by atoms with E-state index in [-0.39, 0.29) is 17.6 Å². The van der Waals surface area contributed by atoms with E-state index >= 15 is 0 Å². The lowest BCUT2D eigenvalue weighted by Crippen LogP contribution is -2.05. The lowest BCUT2D eigenvalue weighted by molar-refractivity contribution is 0.381. The lowest BCUT2D eigenvalue weighted by Gasteiger charge is -1.99. The lowest BCUT2D eigenvalue weighted by atomic mass is 10.3. The van der Waals surface area contributed by atoms with Gasteiger partial charge in [0.15, 0.2) is 0 Å². The summed E-state index contributed by atoms with van der Waals surface area (Å²) in [6.45, 7) is 3.50. The summed E-state index contributed by atoms with van der Waals surface area (Å²) >= 11 is 3.10. The second-order valence-corrected chi connectivity index (χ2v) is 6.43. The van der Waals surface area contributed by atoms with Gasteiger partial charge in [-0.05, 0) is 30.4 Å². The SMILES string of the molecule is C=C(O)[C@H]1CSC(/C=C/c2nc3ccc(O)cc3s2)=N1. The summed E-state index contributed by atoms with van der Waals surface area (Å²) in [5.41, 5.74) is 0.870. The minimum absolute atomic E-state index is 0.108. The highest BCUT2D eigenvalue weighted by atomic mass is 32.2. The van der Waals surface area contributed by atoms with Gasteiger partial charge in [0, 0.05) is 5.75 Å². The van der Waals surface area contributed by atoms with Gasteiger partial charge in [-0.1, -0.05) is 6.58 Å². The minimum atomic E-state index is -0.202. The first-order valence-electron chi connectivity index (χ1n) is 5.98. The highest BCUT2D eigenvalue weighted by molar-refractivity contribution is 8.14. The van der Waals surface area contributed by atoms with Crippen LogP contribution >= 0.6 is 23.1 Å². The van der Waals surface area contributed by atoms with E-state index in [1.165, 1.54) is 11.3 Å². The summed E-state index contributed by atoms with van der Waals surface area (Å²) in [7, 11) is 0. The number of aromatic hydroxyl groups is 1. The molecule has 0 bridgehead atoms. The average Bonchev–Trinajstić information content (AvgIpc) is 3.01. The fraction of sp³-hybridized carbons (Fsp3) is 0.143. The first kappa shape index (κ1) is 13.2. The van der Waals surface area contributed by atoms with E-state index in [1.54, 1.807) is 30.0 Å². The molecule has 102 valence electrons. The van der Waals surface area contributed by atoms with E-state index in [1.807, 2.05) is 12.2 Å². The molecule has 2 N–H and O–H groups in total. The molecule has 0 spiro atoms. The molecule has 2 aromatic rings. The van der Waals surface area contributed by atoms with Gasteiger partial charge in [-0.15, -0.1) is 23.1 Å². The number of aliphatic imine (C=N–C) groups is 1. The van der Waals surface area contributed by atoms with Gasteiger partial charge in [0.2, 0.25) is 0 Å². The number of nitrogens with zero attached hydrogens (tertiary/aromatic N) is 2. The molecule has 2 heterocycles. The van der Waals surface area contributed by atoms with Crippen LogP contribution in [-0.2, 0) is 0 Å². The number of aliphatic hydroxyl groups excluding tert-OH is 1. The Morgan fingerprint density at radius 1 is 1.40 bits per heavy atom. The van der Waals surface area contributed by atoms with E-state index in [0.29, 0.717) is 0 Å². The smallest absolute Gasteiger partial charge is 0.117 e. The van der Waals surface area contributed by atoms with Crippen molar-refractivity contribution in [1.29, 1.82) is 0 Å². The van der Waals surface area contributed by atoms with E-state index < -0.39 is 0 Å². The summed E-state index contributed by atoms with van der Waals surface area (Å²) in [5, 5.41) is 20.5. The van der Waals surface area contributed by atoms with E-state index in [4.69, 9.17) is 0 Å². The third-order valence-corrected chi connectivity index (χ3v) is 4.82. The maximum Gasteiger partial charge on any atom is 0.117 e. The maximum atomic E-state index is 9.43. The Bertz CT molecular complexity index is 734. The van der Waals surface area contributed by atoms with Crippen molar-refractivity contribution in [2.75, 3.05) is 5.75 Å². The van der Waals surface area contributed by atoms with Crippen LogP contribution in [0, 0.1) is 0 Å². The zero-order chi connectivity index (χ0) is 14.1. The van der Waals surface area contributed by atoms with Gasteiger partial charge in [0.25, 0.3) is 0 Å². The van der Waals surface area contributed by atoms with Gasteiger partial charge >= 0.3 is 0 Å². The zero-order valence-electron chi connectivity index (χ0n) is 10.5. The number of phenolic OH excluding ortho intramolecular Hbond substituents is 1. The summed E-state index contributed by atoms with van der Waals surface area (Å²) in [5.74, 6) is 1.08. The van der Waals surface area contributed by atoms with Crippen LogP contribution in [0.4, 0.5) is 0 Å². The molecule has 0 saturated heterocycles. The van der Waals surface area contributed by atoms with E-state index in [9.17, 15) is 10.2 Å². The predicted molar refractivity (Wildman–Crippen MR) is 85.8 cm³/mol. The van der Waals surface area contributed by atoms with Crippen molar-refractivity contribution < 1.29 is 10.2 Å². The molecule has 1 aliphatic rings. The topological polar surface area (TPSA) is 65.7 Å². The predicted octanol–water partition coefficient (Wildman–Crippen LogP) is 3.60. The number of hydrogen-bond donors (Lipinski definition) is 2. The molecule has 3 rings (SSSR count). The summed E-state index contributed by atoms with van der Waals surface area (Å²) < 4.78 is 0.951. The zero-order valence-corrected chi connectivity index (χ0v) is 12.1. The number of rotatable bonds is 3. The van der Waals surface area contributed by atoms with E-state index in [0.717, 1.165) is 26.0 Å². The number of aromatic nitrogens is 1. The van der Waals surface area contributed by atoms with Crippen molar-refractivity contribution in [1.82, 2.24) is 4.98 Å². The number of hydrogen-bond acceptors (Lipinski definition) is 6. The molecule has 0 unspecified atom stereocenters. The number of phenols is 1. The van der Waals surface area contributed by atoms with Crippen LogP contribution in [-0.4, -0.2) is 32.0 Å². The third-order valence-electron chi connectivity index (χ3n) is 2.81. The molecule has 1 aliphatic heterocycles. The van der Waals surface area contributed by atoms with Crippen LogP contribution in [0.15, 0.2) is 41.6 Å². The van der Waals surface area contributed by atoms with Gasteiger partial charge in [0.1, 0.15) is 22.6 Å². The fourth-order valence-corrected chi connectivity index (χ4v) is 3.66. The molecule has 1 aromatic carbocycles. The van der Waals surface area contributed by atoms with Crippen molar-refractivity contribution in [3.63, 3.8) is 0 Å². The van der Waals surface area contributed by atoms with Crippen molar-refractivity contribution in [3.05, 3.63) is 41.6 Å². The van der Waals surface area contributed by atoms with Crippen LogP contribution in [0.5, 0.6) is 5.75 Å². The number of thioether (sulfide) groups is 1. The second kappa shape index (κ2) is 5.30. The Balaban J connectivity index is 1.81. The Morgan fingerprint density at radius 3 is 3.00 bits per heavy atom. The largest absolute Gasteiger partial charge is 0.511 e. The van der Waals surface area contributed by atoms with Gasteiger partial charge in [0.05, 0.1) is 15.3 Å². The molecule has 0 radical (unpaired) electrons. The molecule has 0 aliphatic carbocycles. The van der Waals surface area contributed by atoms with Crippen molar-refractivity contribution in [3.8, 4) is 5.75 Å². The molecular formula is C14H12N2O2S2.